The van der Waals surface area contributed by atoms with Crippen LogP contribution >= 0.6 is 0 Å². The molecule has 0 fully saturated rings. The van der Waals surface area contributed by atoms with Crippen molar-refractivity contribution in [1.29, 1.82) is 0 Å². The molecular weight excluding hydrogens is 146 g/mol. The largest absolute Gasteiger partial charge is 0.448 e. The molecule has 0 bridgehead atoms. The van der Waals surface area contributed by atoms with E-state index in [-0.39, 0.29) is 0 Å². The molecule has 0 aromatic rings. The maximum atomic E-state index is 10.6. The Morgan fingerprint density at radius 1 is 1.55 bits per heavy atom. The third kappa shape index (κ3) is 7.12. The molecule has 4 nitrogen and oxygen atoms in total. The molecule has 0 saturated heterocycles. The average molecular weight is 161 g/mol. The summed E-state index contributed by atoms with van der Waals surface area (Å²) in [5.41, 5.74) is 2.13. The Morgan fingerprint density at radius 3 is 2.64 bits per heavy atom. The van der Waals surface area contributed by atoms with E-state index in [9.17, 15) is 4.79 Å². The second kappa shape index (κ2) is 5.97. The first-order valence-electron chi connectivity index (χ1n) is 3.71. The molecule has 0 unspecified atom stereocenters. The van der Waals surface area contributed by atoms with Gasteiger partial charge in [0, 0.05) is 0 Å². The van der Waals surface area contributed by atoms with E-state index in [1.807, 2.05) is 13.8 Å². The van der Waals surface area contributed by atoms with Crippen LogP contribution in [0.4, 0.5) is 4.79 Å². The van der Waals surface area contributed by atoms with Crippen LogP contribution in [-0.2, 0) is 9.57 Å². The minimum absolute atomic E-state index is 0.349. The van der Waals surface area contributed by atoms with Gasteiger partial charge in [-0.2, -0.15) is 5.48 Å². The summed E-state index contributed by atoms with van der Waals surface area (Å²) in [5.74, 6) is 0.349. The lowest BCUT2D eigenvalue weighted by atomic mass is 10.2. The first kappa shape index (κ1) is 10.2. The minimum atomic E-state index is -0.527. The van der Waals surface area contributed by atoms with Crippen molar-refractivity contribution in [1.82, 2.24) is 5.48 Å². The van der Waals surface area contributed by atoms with Gasteiger partial charge < -0.3 is 4.74 Å². The molecule has 0 radical (unpaired) electrons. The van der Waals surface area contributed by atoms with Crippen molar-refractivity contribution in [2.24, 2.45) is 5.92 Å². The summed E-state index contributed by atoms with van der Waals surface area (Å²) in [6, 6.07) is 0. The molecule has 0 aliphatic carbocycles. The molecule has 0 aliphatic rings. The van der Waals surface area contributed by atoms with Gasteiger partial charge in [-0.1, -0.05) is 13.8 Å². The molecule has 0 aliphatic heterocycles. The fraction of sp³-hybridized carbons (Fsp3) is 0.857. The van der Waals surface area contributed by atoms with Gasteiger partial charge in [0.25, 0.3) is 0 Å². The second-order valence-corrected chi connectivity index (χ2v) is 2.53. The molecular formula is C7H15NO3. The molecule has 0 aromatic heterocycles. The number of hydroxylamine groups is 1. The fourth-order valence-corrected chi connectivity index (χ4v) is 0.403. The minimum Gasteiger partial charge on any atom is -0.448 e. The van der Waals surface area contributed by atoms with Crippen LogP contribution in [0.1, 0.15) is 20.8 Å². The normalized spacial score (nSPS) is 9.82. The van der Waals surface area contributed by atoms with Crippen molar-refractivity contribution < 1.29 is 14.4 Å². The van der Waals surface area contributed by atoms with Crippen molar-refractivity contribution in [3.63, 3.8) is 0 Å². The van der Waals surface area contributed by atoms with Gasteiger partial charge in [-0.15, -0.1) is 0 Å². The van der Waals surface area contributed by atoms with Crippen molar-refractivity contribution >= 4 is 6.09 Å². The molecule has 1 amide bonds. The van der Waals surface area contributed by atoms with Gasteiger partial charge in [0.15, 0.2) is 0 Å². The third-order valence-corrected chi connectivity index (χ3v) is 0.848. The Morgan fingerprint density at radius 2 is 2.18 bits per heavy atom. The van der Waals surface area contributed by atoms with Gasteiger partial charge in [-0.3, -0.25) is 4.84 Å². The van der Waals surface area contributed by atoms with E-state index in [1.165, 1.54) is 0 Å². The van der Waals surface area contributed by atoms with Gasteiger partial charge >= 0.3 is 6.09 Å². The van der Waals surface area contributed by atoms with E-state index in [0.29, 0.717) is 19.1 Å². The van der Waals surface area contributed by atoms with Gasteiger partial charge in [0.1, 0.15) is 0 Å². The predicted molar refractivity (Wildman–Crippen MR) is 40.9 cm³/mol. The molecule has 0 atom stereocenters. The highest BCUT2D eigenvalue weighted by Crippen LogP contribution is 1.91. The van der Waals surface area contributed by atoms with Crippen molar-refractivity contribution in [3.8, 4) is 0 Å². The van der Waals surface area contributed by atoms with E-state index >= 15 is 0 Å². The number of ether oxygens (including phenoxy) is 1. The first-order valence-corrected chi connectivity index (χ1v) is 3.71. The highest BCUT2D eigenvalue weighted by molar-refractivity contribution is 5.65. The molecule has 0 heterocycles. The number of carbonyl (C=O) groups is 1. The summed E-state index contributed by atoms with van der Waals surface area (Å²) >= 11 is 0. The smallest absolute Gasteiger partial charge is 0.431 e. The Labute approximate surface area is 66.8 Å². The molecule has 0 aromatic carbocycles. The molecule has 0 rings (SSSR count). The van der Waals surface area contributed by atoms with E-state index in [1.54, 1.807) is 6.92 Å². The highest BCUT2D eigenvalue weighted by atomic mass is 16.7. The maximum absolute atomic E-state index is 10.6. The number of rotatable bonds is 4. The Kier molecular flexibility index (Phi) is 5.56. The average Bonchev–Trinajstić information content (AvgIpc) is 1.97. The monoisotopic (exact) mass is 161 g/mol. The van der Waals surface area contributed by atoms with Gasteiger partial charge in [0.2, 0.25) is 0 Å². The summed E-state index contributed by atoms with van der Waals surface area (Å²) in [7, 11) is 0. The zero-order valence-electron chi connectivity index (χ0n) is 7.22. The first-order chi connectivity index (χ1) is 5.16. The van der Waals surface area contributed by atoms with Crippen LogP contribution < -0.4 is 5.48 Å². The van der Waals surface area contributed by atoms with Gasteiger partial charge in [-0.05, 0) is 12.8 Å². The summed E-state index contributed by atoms with van der Waals surface area (Å²) in [6.45, 7) is 6.57. The van der Waals surface area contributed by atoms with Gasteiger partial charge in [0.05, 0.1) is 13.2 Å². The Hall–Kier alpha value is -0.770. The number of nitrogens with one attached hydrogen (secondary N) is 1. The molecule has 0 spiro atoms. The van der Waals surface area contributed by atoms with Gasteiger partial charge in [-0.25, -0.2) is 4.79 Å². The lowest BCUT2D eigenvalue weighted by Crippen LogP contribution is -2.25. The zero-order chi connectivity index (χ0) is 8.69. The molecule has 11 heavy (non-hydrogen) atoms. The third-order valence-electron chi connectivity index (χ3n) is 0.848. The molecule has 4 heteroatoms. The van der Waals surface area contributed by atoms with Crippen LogP contribution in [0.5, 0.6) is 0 Å². The van der Waals surface area contributed by atoms with Crippen LogP contribution in [-0.4, -0.2) is 19.3 Å². The lowest BCUT2D eigenvalue weighted by Gasteiger charge is -2.07. The van der Waals surface area contributed by atoms with E-state index < -0.39 is 6.09 Å². The maximum Gasteiger partial charge on any atom is 0.431 e. The van der Waals surface area contributed by atoms with Crippen LogP contribution in [0, 0.1) is 5.92 Å². The van der Waals surface area contributed by atoms with E-state index in [2.05, 4.69) is 10.3 Å². The Balaban J connectivity index is 3.23. The number of hydrogen-bond donors (Lipinski definition) is 1. The van der Waals surface area contributed by atoms with Crippen LogP contribution in [0.2, 0.25) is 0 Å². The fourth-order valence-electron chi connectivity index (χ4n) is 0.403. The van der Waals surface area contributed by atoms with E-state index in [0.717, 1.165) is 0 Å². The summed E-state index contributed by atoms with van der Waals surface area (Å²) in [4.78, 5) is 15.3. The predicted octanol–water partition coefficient (Wildman–Crippen LogP) is 1.32. The van der Waals surface area contributed by atoms with Crippen molar-refractivity contribution in [2.45, 2.75) is 20.8 Å². The van der Waals surface area contributed by atoms with Crippen LogP contribution in [0.15, 0.2) is 0 Å². The zero-order valence-corrected chi connectivity index (χ0v) is 7.22. The number of hydrogen-bond acceptors (Lipinski definition) is 3. The SMILES string of the molecule is CCONC(=O)OCC(C)C. The second-order valence-electron chi connectivity index (χ2n) is 2.53. The molecule has 1 N–H and O–H groups in total. The molecule has 66 valence electrons. The van der Waals surface area contributed by atoms with Crippen LogP contribution in [0.25, 0.3) is 0 Å². The number of carbonyl (C=O) groups excluding carboxylic acids is 1. The summed E-state index contributed by atoms with van der Waals surface area (Å²) in [5, 5.41) is 0. The summed E-state index contributed by atoms with van der Waals surface area (Å²) in [6.07, 6.45) is -0.527. The number of amides is 1. The van der Waals surface area contributed by atoms with E-state index in [4.69, 9.17) is 4.74 Å². The van der Waals surface area contributed by atoms with Crippen molar-refractivity contribution in [3.05, 3.63) is 0 Å². The van der Waals surface area contributed by atoms with Crippen LogP contribution in [0.3, 0.4) is 0 Å². The Bertz CT molecular complexity index is 114. The molecule has 0 saturated carbocycles. The topological polar surface area (TPSA) is 47.6 Å². The summed E-state index contributed by atoms with van der Waals surface area (Å²) < 4.78 is 4.73. The highest BCUT2D eigenvalue weighted by Gasteiger charge is 2.01. The quantitative estimate of drug-likeness (QED) is 0.632. The standard InChI is InChI=1S/C7H15NO3/c1-4-11-8-7(9)10-5-6(2)3/h6H,4-5H2,1-3H3,(H,8,9). The van der Waals surface area contributed by atoms with Crippen molar-refractivity contribution in [2.75, 3.05) is 13.2 Å². The lowest BCUT2D eigenvalue weighted by molar-refractivity contribution is 0.0307.